The van der Waals surface area contributed by atoms with Crippen molar-refractivity contribution in [1.29, 1.82) is 0 Å². The molecule has 0 aliphatic rings. The quantitative estimate of drug-likeness (QED) is 0.349. The molecule has 1 N–H and O–H groups in total. The Kier molecular flexibility index (Phi) is 5.98. The number of aliphatic hydroxyl groups is 1. The van der Waals surface area contributed by atoms with Gasteiger partial charge in [-0.05, 0) is 30.7 Å². The molecule has 0 aliphatic carbocycles. The highest BCUT2D eigenvalue weighted by atomic mass is 19.1. The highest BCUT2D eigenvalue weighted by Crippen LogP contribution is 2.35. The summed E-state index contributed by atoms with van der Waals surface area (Å²) >= 11 is 0. The molecule has 0 saturated heterocycles. The highest BCUT2D eigenvalue weighted by molar-refractivity contribution is 5.34. The minimum Gasteiger partial charge on any atom is -0.381 e. The third-order valence-corrected chi connectivity index (χ3v) is 6.02. The van der Waals surface area contributed by atoms with Crippen LogP contribution in [0.4, 0.5) is 8.78 Å². The number of hydrogen-bond acceptors (Lipinski definition) is 7. The lowest BCUT2D eigenvalue weighted by Crippen LogP contribution is -2.44. The lowest BCUT2D eigenvalue weighted by atomic mass is 9.86. The van der Waals surface area contributed by atoms with Gasteiger partial charge >= 0.3 is 5.69 Å². The maximum Gasteiger partial charge on any atom is 0.350 e. The number of benzene rings is 2. The van der Waals surface area contributed by atoms with Crippen LogP contribution < -0.4 is 5.69 Å². The topological polar surface area (TPSA) is 121 Å². The molecule has 3 heterocycles. The predicted molar refractivity (Wildman–Crippen MR) is 122 cm³/mol. The molecule has 0 radical (unpaired) electrons. The van der Waals surface area contributed by atoms with E-state index in [1.807, 2.05) is 12.1 Å². The summed E-state index contributed by atoms with van der Waals surface area (Å²) in [5, 5.41) is 28.0. The van der Waals surface area contributed by atoms with E-state index in [2.05, 4.69) is 25.4 Å². The van der Waals surface area contributed by atoms with Crippen molar-refractivity contribution in [2.24, 2.45) is 0 Å². The van der Waals surface area contributed by atoms with Crippen LogP contribution in [0.3, 0.4) is 0 Å². The van der Waals surface area contributed by atoms with Crippen molar-refractivity contribution in [2.75, 3.05) is 0 Å². The average molecular weight is 493 g/mol. The van der Waals surface area contributed by atoms with Crippen LogP contribution in [-0.2, 0) is 18.7 Å². The van der Waals surface area contributed by atoms with Gasteiger partial charge in [0.15, 0.2) is 0 Å². The van der Waals surface area contributed by atoms with Gasteiger partial charge in [-0.25, -0.2) is 32.5 Å². The summed E-state index contributed by atoms with van der Waals surface area (Å²) in [6.07, 6.45) is 7.11. The zero-order valence-electron chi connectivity index (χ0n) is 19.1. The zero-order chi connectivity index (χ0) is 25.3. The molecule has 0 fully saturated rings. The number of hydrogen-bond donors (Lipinski definition) is 1. The van der Waals surface area contributed by atoms with Crippen LogP contribution in [0.25, 0.3) is 5.69 Å². The molecule has 36 heavy (non-hydrogen) atoms. The Morgan fingerprint density at radius 3 is 2.42 bits per heavy atom. The van der Waals surface area contributed by atoms with Crippen molar-refractivity contribution in [1.82, 2.24) is 44.1 Å². The molecule has 5 rings (SSSR count). The maximum atomic E-state index is 14.8. The van der Waals surface area contributed by atoms with Gasteiger partial charge in [-0.2, -0.15) is 25.2 Å². The summed E-state index contributed by atoms with van der Waals surface area (Å²) in [5.74, 6) is -1.75. The van der Waals surface area contributed by atoms with E-state index in [-0.39, 0.29) is 12.1 Å². The molecule has 0 saturated carbocycles. The van der Waals surface area contributed by atoms with Crippen molar-refractivity contribution in [3.05, 3.63) is 107 Å². The minimum absolute atomic E-state index is 0.204. The second kappa shape index (κ2) is 9.26. The standard InChI is InChI=1S/C23H21F2N9O2/c1-16(23(36,12-31-14-26-13-29-31)20-7-4-18(24)10-21(20)25)34-22(35)32(15-30-34)19-5-2-17(3-6-19)11-33-27-8-9-28-33/h2-10,13-16,36H,11-12H2,1H3. The number of aromatic nitrogens is 9. The predicted octanol–water partition coefficient (Wildman–Crippen LogP) is 1.69. The van der Waals surface area contributed by atoms with E-state index in [1.54, 1.807) is 24.5 Å². The molecule has 13 heteroatoms. The summed E-state index contributed by atoms with van der Waals surface area (Å²) < 4.78 is 32.1. The van der Waals surface area contributed by atoms with Crippen molar-refractivity contribution < 1.29 is 13.9 Å². The Bertz CT molecular complexity index is 1510. The molecule has 2 aromatic carbocycles. The van der Waals surface area contributed by atoms with Crippen molar-refractivity contribution >= 4 is 0 Å². The normalized spacial score (nSPS) is 14.0. The molecular weight excluding hydrogens is 472 g/mol. The summed E-state index contributed by atoms with van der Waals surface area (Å²) in [7, 11) is 0. The van der Waals surface area contributed by atoms with E-state index in [1.165, 1.54) is 40.0 Å². The second-order valence-electron chi connectivity index (χ2n) is 8.27. The van der Waals surface area contributed by atoms with Crippen LogP contribution >= 0.6 is 0 Å². The van der Waals surface area contributed by atoms with Crippen LogP contribution in [0.2, 0.25) is 0 Å². The third kappa shape index (κ3) is 4.31. The molecular formula is C23H21F2N9O2. The van der Waals surface area contributed by atoms with Gasteiger partial charge < -0.3 is 5.11 Å². The summed E-state index contributed by atoms with van der Waals surface area (Å²) in [5.41, 5.74) is -1.30. The second-order valence-corrected chi connectivity index (χ2v) is 8.27. The molecule has 11 nitrogen and oxygen atoms in total. The monoisotopic (exact) mass is 493 g/mol. The lowest BCUT2D eigenvalue weighted by molar-refractivity contribution is -0.0381. The molecule has 3 aromatic heterocycles. The van der Waals surface area contributed by atoms with E-state index in [9.17, 15) is 18.7 Å². The highest BCUT2D eigenvalue weighted by Gasteiger charge is 2.41. The van der Waals surface area contributed by atoms with Gasteiger partial charge in [-0.15, -0.1) is 0 Å². The van der Waals surface area contributed by atoms with Crippen molar-refractivity contribution in [3.63, 3.8) is 0 Å². The SMILES string of the molecule is CC(n1ncn(-c2ccc(Cn3nccn3)cc2)c1=O)C(O)(Cn1cncn1)c1ccc(F)cc1F. The molecule has 0 amide bonds. The van der Waals surface area contributed by atoms with Crippen molar-refractivity contribution in [2.45, 2.75) is 31.7 Å². The van der Waals surface area contributed by atoms with Crippen LogP contribution in [-0.4, -0.2) is 49.2 Å². The Labute approximate surface area is 202 Å². The largest absolute Gasteiger partial charge is 0.381 e. The average Bonchev–Trinajstić information content (AvgIpc) is 3.62. The maximum absolute atomic E-state index is 14.8. The van der Waals surface area contributed by atoms with Gasteiger partial charge in [0.1, 0.15) is 36.2 Å². The van der Waals surface area contributed by atoms with Gasteiger partial charge in [0, 0.05) is 11.6 Å². The Hall–Kier alpha value is -4.52. The van der Waals surface area contributed by atoms with Gasteiger partial charge in [0.05, 0.1) is 37.2 Å². The van der Waals surface area contributed by atoms with Gasteiger partial charge in [0.2, 0.25) is 0 Å². The van der Waals surface area contributed by atoms with E-state index < -0.39 is 29.0 Å². The smallest absolute Gasteiger partial charge is 0.350 e. The summed E-state index contributed by atoms with van der Waals surface area (Å²) in [6, 6.07) is 8.96. The molecule has 0 bridgehead atoms. The molecule has 2 atom stereocenters. The first-order valence-electron chi connectivity index (χ1n) is 10.9. The number of nitrogens with zero attached hydrogens (tertiary/aromatic N) is 9. The fraction of sp³-hybridized carbons (Fsp3) is 0.217. The Balaban J connectivity index is 1.49. The van der Waals surface area contributed by atoms with E-state index >= 15 is 0 Å². The van der Waals surface area contributed by atoms with E-state index in [0.717, 1.165) is 22.4 Å². The fourth-order valence-electron chi connectivity index (χ4n) is 4.06. The van der Waals surface area contributed by atoms with E-state index in [4.69, 9.17) is 0 Å². The summed E-state index contributed by atoms with van der Waals surface area (Å²) in [6.45, 7) is 1.74. The Morgan fingerprint density at radius 2 is 1.75 bits per heavy atom. The van der Waals surface area contributed by atoms with Crippen LogP contribution in [0.15, 0.2) is 78.6 Å². The van der Waals surface area contributed by atoms with Gasteiger partial charge in [-0.1, -0.05) is 18.2 Å². The van der Waals surface area contributed by atoms with Crippen LogP contribution in [0.5, 0.6) is 0 Å². The number of rotatable bonds is 8. The number of halogens is 2. The van der Waals surface area contributed by atoms with Crippen LogP contribution in [0.1, 0.15) is 24.1 Å². The molecule has 0 aliphatic heterocycles. The first kappa shape index (κ1) is 23.2. The molecule has 2 unspecified atom stereocenters. The molecule has 5 aromatic rings. The zero-order valence-corrected chi connectivity index (χ0v) is 19.1. The lowest BCUT2D eigenvalue weighted by Gasteiger charge is -2.34. The first-order valence-corrected chi connectivity index (χ1v) is 10.9. The fourth-order valence-corrected chi connectivity index (χ4v) is 4.06. The summed E-state index contributed by atoms with van der Waals surface area (Å²) in [4.78, 5) is 18.7. The van der Waals surface area contributed by atoms with Gasteiger partial charge in [-0.3, -0.25) is 0 Å². The van der Waals surface area contributed by atoms with Crippen molar-refractivity contribution in [3.8, 4) is 5.69 Å². The third-order valence-electron chi connectivity index (χ3n) is 6.02. The minimum atomic E-state index is -2.02. The molecule has 0 spiro atoms. The van der Waals surface area contributed by atoms with Crippen LogP contribution in [0, 0.1) is 11.6 Å². The van der Waals surface area contributed by atoms with E-state index in [0.29, 0.717) is 18.3 Å². The first-order chi connectivity index (χ1) is 17.3. The molecule has 184 valence electrons. The Morgan fingerprint density at radius 1 is 1.00 bits per heavy atom. The van der Waals surface area contributed by atoms with Gasteiger partial charge in [0.25, 0.3) is 0 Å².